The van der Waals surface area contributed by atoms with Crippen LogP contribution in [0, 0.1) is 11.8 Å². The van der Waals surface area contributed by atoms with Crippen molar-refractivity contribution in [1.29, 1.82) is 0 Å². The molecule has 6 nitrogen and oxygen atoms in total. The zero-order valence-corrected chi connectivity index (χ0v) is 18.4. The fourth-order valence-electron chi connectivity index (χ4n) is 3.95. The highest BCUT2D eigenvalue weighted by Gasteiger charge is 2.29. The van der Waals surface area contributed by atoms with Gasteiger partial charge in [-0.15, -0.1) is 0 Å². The number of Topliss-reactive ketones (excluding diaryl/α,β-unsaturated/α-hetero) is 1. The van der Waals surface area contributed by atoms with Gasteiger partial charge in [-0.2, -0.15) is 0 Å². The Morgan fingerprint density at radius 3 is 2.07 bits per heavy atom. The zero-order valence-electron chi connectivity index (χ0n) is 17.6. The average Bonchev–Trinajstić information content (AvgIpc) is 2.68. The van der Waals surface area contributed by atoms with Crippen molar-refractivity contribution < 1.29 is 23.4 Å². The van der Waals surface area contributed by atoms with E-state index in [-0.39, 0.29) is 41.8 Å². The van der Waals surface area contributed by atoms with E-state index >= 15 is 0 Å². The van der Waals surface area contributed by atoms with Gasteiger partial charge >= 0.3 is 0 Å². The third kappa shape index (κ3) is 7.08. The summed E-state index contributed by atoms with van der Waals surface area (Å²) in [4.78, 5) is 14.6. The third-order valence-electron chi connectivity index (χ3n) is 5.91. The molecule has 1 aliphatic carbocycles. The lowest BCUT2D eigenvalue weighted by molar-refractivity contribution is -0.123. The number of aliphatic hydroxyl groups excluding tert-OH is 2. The number of carbonyl (C=O) groups excluding carboxylic acids is 1. The molecule has 2 N–H and O–H groups in total. The van der Waals surface area contributed by atoms with Crippen molar-refractivity contribution in [2.45, 2.75) is 51.2 Å². The summed E-state index contributed by atoms with van der Waals surface area (Å²) in [6, 6.07) is 7.69. The quantitative estimate of drug-likeness (QED) is 0.564. The van der Waals surface area contributed by atoms with Crippen LogP contribution in [0.2, 0.25) is 0 Å². The van der Waals surface area contributed by atoms with E-state index in [1.807, 2.05) is 29.2 Å². The summed E-state index contributed by atoms with van der Waals surface area (Å²) in [5.41, 5.74) is 1.87. The van der Waals surface area contributed by atoms with Crippen LogP contribution in [-0.4, -0.2) is 61.7 Å². The Hall–Kier alpha value is -1.44. The van der Waals surface area contributed by atoms with Gasteiger partial charge in [-0.25, -0.2) is 8.42 Å². The molecule has 0 aliphatic heterocycles. The number of benzene rings is 1. The minimum atomic E-state index is -3.02. The molecule has 164 valence electrons. The summed E-state index contributed by atoms with van der Waals surface area (Å²) in [5.74, 6) is 0.666. The topological polar surface area (TPSA) is 94.9 Å². The van der Waals surface area contributed by atoms with Crippen LogP contribution in [0.25, 0.3) is 0 Å². The molecule has 0 spiro atoms. The van der Waals surface area contributed by atoms with Crippen LogP contribution in [0.4, 0.5) is 5.69 Å². The molecule has 7 heteroatoms. The highest BCUT2D eigenvalue weighted by Crippen LogP contribution is 2.31. The maximum atomic E-state index is 12.7. The van der Waals surface area contributed by atoms with E-state index in [0.717, 1.165) is 36.9 Å². The fourth-order valence-corrected chi connectivity index (χ4v) is 5.33. The second kappa shape index (κ2) is 11.1. The normalized spacial score (nSPS) is 20.0. The number of carbonyl (C=O) groups is 1. The smallest absolute Gasteiger partial charge is 0.152 e. The lowest BCUT2D eigenvalue weighted by atomic mass is 9.79. The summed E-state index contributed by atoms with van der Waals surface area (Å²) < 4.78 is 24.2. The molecule has 29 heavy (non-hydrogen) atoms. The zero-order chi connectivity index (χ0) is 21.4. The van der Waals surface area contributed by atoms with Crippen LogP contribution in [0.1, 0.15) is 45.1 Å². The minimum absolute atomic E-state index is 0.0153. The van der Waals surface area contributed by atoms with E-state index in [4.69, 9.17) is 10.2 Å². The molecule has 0 heterocycles. The van der Waals surface area contributed by atoms with Crippen LogP contribution < -0.4 is 4.90 Å². The molecule has 1 aromatic rings. The molecule has 1 saturated carbocycles. The van der Waals surface area contributed by atoms with Gasteiger partial charge in [0.25, 0.3) is 0 Å². The van der Waals surface area contributed by atoms with Gasteiger partial charge in [0.15, 0.2) is 9.84 Å². The first-order chi connectivity index (χ1) is 13.8. The van der Waals surface area contributed by atoms with Gasteiger partial charge in [0.2, 0.25) is 0 Å². The Morgan fingerprint density at radius 2 is 1.59 bits per heavy atom. The number of nitrogens with zero attached hydrogens (tertiary/aromatic N) is 1. The van der Waals surface area contributed by atoms with E-state index in [9.17, 15) is 13.2 Å². The Kier molecular flexibility index (Phi) is 9.11. The summed E-state index contributed by atoms with van der Waals surface area (Å²) >= 11 is 0. The van der Waals surface area contributed by atoms with Gasteiger partial charge in [0, 0.05) is 31.1 Å². The third-order valence-corrected chi connectivity index (χ3v) is 8.28. The molecule has 0 aromatic heterocycles. The van der Waals surface area contributed by atoms with Crippen LogP contribution in [0.15, 0.2) is 24.3 Å². The number of ketones is 1. The Balaban J connectivity index is 1.86. The average molecular weight is 426 g/mol. The maximum Gasteiger partial charge on any atom is 0.152 e. The van der Waals surface area contributed by atoms with E-state index in [1.54, 1.807) is 13.8 Å². The standard InChI is InChI=1S/C22H35NO5S/c1-17(2)29(27,28)16-19-3-7-20(8-4-19)22(26)15-18-5-9-21(10-6-18)23(11-13-24)12-14-25/h5-6,9-10,17,19-20,24-25H,3-4,7-8,11-16H2,1-2H3. The van der Waals surface area contributed by atoms with Crippen LogP contribution in [0.5, 0.6) is 0 Å². The van der Waals surface area contributed by atoms with Crippen molar-refractivity contribution in [2.75, 3.05) is 37.0 Å². The molecule has 0 amide bonds. The van der Waals surface area contributed by atoms with E-state index in [0.29, 0.717) is 19.5 Å². The molecule has 0 radical (unpaired) electrons. The summed E-state index contributed by atoms with van der Waals surface area (Å²) in [5, 5.41) is 18.0. The van der Waals surface area contributed by atoms with Gasteiger partial charge in [-0.1, -0.05) is 12.1 Å². The maximum absolute atomic E-state index is 12.7. The van der Waals surface area contributed by atoms with Crippen molar-refractivity contribution in [2.24, 2.45) is 11.8 Å². The van der Waals surface area contributed by atoms with Crippen molar-refractivity contribution in [3.63, 3.8) is 0 Å². The van der Waals surface area contributed by atoms with Crippen molar-refractivity contribution in [3.05, 3.63) is 29.8 Å². The molecular weight excluding hydrogens is 390 g/mol. The predicted octanol–water partition coefficient (Wildman–Crippen LogP) is 2.22. The van der Waals surface area contributed by atoms with Gasteiger partial charge < -0.3 is 15.1 Å². The summed E-state index contributed by atoms with van der Waals surface area (Å²) in [6.45, 7) is 4.39. The summed E-state index contributed by atoms with van der Waals surface area (Å²) in [6.07, 6.45) is 3.54. The molecule has 1 aliphatic rings. The molecule has 0 saturated heterocycles. The van der Waals surface area contributed by atoms with E-state index < -0.39 is 9.84 Å². The number of rotatable bonds is 11. The molecule has 2 rings (SSSR count). The lowest BCUT2D eigenvalue weighted by Crippen LogP contribution is -2.29. The van der Waals surface area contributed by atoms with Gasteiger partial charge in [0.05, 0.1) is 24.2 Å². The van der Waals surface area contributed by atoms with Crippen molar-refractivity contribution >= 4 is 21.3 Å². The Labute approximate surface area is 174 Å². The first-order valence-electron chi connectivity index (χ1n) is 10.6. The van der Waals surface area contributed by atoms with Crippen LogP contribution in [0.3, 0.4) is 0 Å². The van der Waals surface area contributed by atoms with Gasteiger partial charge in [-0.05, 0) is 63.1 Å². The second-order valence-electron chi connectivity index (χ2n) is 8.34. The summed E-state index contributed by atoms with van der Waals surface area (Å²) in [7, 11) is -3.02. The predicted molar refractivity (Wildman–Crippen MR) is 116 cm³/mol. The molecule has 0 bridgehead atoms. The number of hydrogen-bond donors (Lipinski definition) is 2. The number of hydrogen-bond acceptors (Lipinski definition) is 6. The monoisotopic (exact) mass is 425 g/mol. The van der Waals surface area contributed by atoms with Gasteiger partial charge in [0.1, 0.15) is 5.78 Å². The highest BCUT2D eigenvalue weighted by atomic mass is 32.2. The van der Waals surface area contributed by atoms with Crippen molar-refractivity contribution in [3.8, 4) is 0 Å². The Morgan fingerprint density at radius 1 is 1.03 bits per heavy atom. The fraction of sp³-hybridized carbons (Fsp3) is 0.682. The number of aliphatic hydroxyl groups is 2. The minimum Gasteiger partial charge on any atom is -0.395 e. The van der Waals surface area contributed by atoms with Crippen LogP contribution in [-0.2, 0) is 21.1 Å². The van der Waals surface area contributed by atoms with E-state index in [2.05, 4.69) is 0 Å². The molecule has 0 atom stereocenters. The first-order valence-corrected chi connectivity index (χ1v) is 12.3. The number of sulfone groups is 1. The second-order valence-corrected chi connectivity index (χ2v) is 10.9. The largest absolute Gasteiger partial charge is 0.395 e. The molecule has 1 aromatic carbocycles. The molecular formula is C22H35NO5S. The lowest BCUT2D eigenvalue weighted by Gasteiger charge is -2.28. The molecule has 0 unspecified atom stereocenters. The molecule has 1 fully saturated rings. The highest BCUT2D eigenvalue weighted by molar-refractivity contribution is 7.91. The van der Waals surface area contributed by atoms with Crippen molar-refractivity contribution in [1.82, 2.24) is 0 Å². The van der Waals surface area contributed by atoms with E-state index in [1.165, 1.54) is 0 Å². The first kappa shape index (κ1) is 23.8. The Bertz CT molecular complexity index is 731. The SMILES string of the molecule is CC(C)S(=O)(=O)CC1CCC(C(=O)Cc2ccc(N(CCO)CCO)cc2)CC1. The van der Waals surface area contributed by atoms with Gasteiger partial charge in [-0.3, -0.25) is 4.79 Å². The number of anilines is 1. The van der Waals surface area contributed by atoms with Crippen LogP contribution >= 0.6 is 0 Å².